The van der Waals surface area contributed by atoms with Crippen molar-refractivity contribution in [2.75, 3.05) is 7.05 Å². The van der Waals surface area contributed by atoms with Crippen LogP contribution in [0.4, 0.5) is 0 Å². The predicted molar refractivity (Wildman–Crippen MR) is 78.6 cm³/mol. The van der Waals surface area contributed by atoms with E-state index in [0.717, 1.165) is 24.4 Å². The fraction of sp³-hybridized carbons (Fsp3) is 0.467. The molecule has 0 saturated heterocycles. The van der Waals surface area contributed by atoms with Crippen LogP contribution in [0.25, 0.3) is 0 Å². The highest BCUT2D eigenvalue weighted by Gasteiger charge is 2.03. The zero-order valence-corrected chi connectivity index (χ0v) is 12.3. The number of nitrogens with one attached hydrogen (secondary N) is 1. The molecule has 0 aliphatic carbocycles. The highest BCUT2D eigenvalue weighted by Crippen LogP contribution is 2.15. The molecule has 1 aromatic heterocycles. The van der Waals surface area contributed by atoms with Crippen molar-refractivity contribution in [1.82, 2.24) is 20.1 Å². The Balaban J connectivity index is 1.84. The van der Waals surface area contributed by atoms with Crippen molar-refractivity contribution in [1.29, 1.82) is 0 Å². The van der Waals surface area contributed by atoms with E-state index >= 15 is 0 Å². The molecule has 5 heteroatoms. The first-order valence-electron chi connectivity index (χ1n) is 6.91. The maximum Gasteiger partial charge on any atom is 0.164 e. The minimum atomic E-state index is 0.437. The Labute approximate surface area is 120 Å². The summed E-state index contributed by atoms with van der Waals surface area (Å²) >= 11 is 0. The van der Waals surface area contributed by atoms with Gasteiger partial charge in [0.2, 0.25) is 0 Å². The van der Waals surface area contributed by atoms with Gasteiger partial charge in [-0.25, -0.2) is 4.98 Å². The Morgan fingerprint density at radius 3 is 2.65 bits per heavy atom. The van der Waals surface area contributed by atoms with E-state index in [1.807, 2.05) is 26.2 Å². The van der Waals surface area contributed by atoms with E-state index in [0.29, 0.717) is 12.6 Å². The number of rotatable bonds is 7. The Morgan fingerprint density at radius 1 is 1.30 bits per heavy atom. The molecule has 0 spiro atoms. The summed E-state index contributed by atoms with van der Waals surface area (Å²) in [5, 5.41) is 7.26. The van der Waals surface area contributed by atoms with E-state index in [2.05, 4.69) is 34.5 Å². The number of benzene rings is 1. The molecule has 5 nitrogen and oxygen atoms in total. The minimum absolute atomic E-state index is 0.437. The first kappa shape index (κ1) is 14.5. The molecule has 0 saturated carbocycles. The van der Waals surface area contributed by atoms with Gasteiger partial charge in [-0.3, -0.25) is 4.68 Å². The third kappa shape index (κ3) is 4.06. The van der Waals surface area contributed by atoms with Crippen LogP contribution in [0.2, 0.25) is 0 Å². The van der Waals surface area contributed by atoms with Crippen LogP contribution in [0.5, 0.6) is 5.75 Å². The Morgan fingerprint density at radius 2 is 2.05 bits per heavy atom. The lowest BCUT2D eigenvalue weighted by Crippen LogP contribution is -2.21. The smallest absolute Gasteiger partial charge is 0.164 e. The lowest BCUT2D eigenvalue weighted by Gasteiger charge is -2.10. The molecule has 0 radical (unpaired) electrons. The lowest BCUT2D eigenvalue weighted by atomic mass is 10.1. The Hall–Kier alpha value is -1.88. The molecule has 0 fully saturated rings. The lowest BCUT2D eigenvalue weighted by molar-refractivity contribution is 0.289. The number of hydrogen-bond donors (Lipinski definition) is 1. The van der Waals surface area contributed by atoms with Gasteiger partial charge in [-0.2, -0.15) is 5.10 Å². The van der Waals surface area contributed by atoms with E-state index in [4.69, 9.17) is 4.74 Å². The van der Waals surface area contributed by atoms with Crippen LogP contribution in [-0.4, -0.2) is 27.9 Å². The number of aryl methyl sites for hydroxylation is 2. The van der Waals surface area contributed by atoms with E-state index in [1.54, 1.807) is 4.68 Å². The molecule has 0 aliphatic rings. The summed E-state index contributed by atoms with van der Waals surface area (Å²) in [6, 6.07) is 8.80. The number of hydrogen-bond acceptors (Lipinski definition) is 4. The fourth-order valence-electron chi connectivity index (χ4n) is 1.88. The average Bonchev–Trinajstić information content (AvgIpc) is 2.89. The summed E-state index contributed by atoms with van der Waals surface area (Å²) in [7, 11) is 3.85. The van der Waals surface area contributed by atoms with Gasteiger partial charge in [0, 0.05) is 13.1 Å². The SMILES string of the molecule is CNC(C)CCc1ccc(OCc2ncnn2C)cc1. The Kier molecular flexibility index (Phi) is 5.12. The third-order valence-electron chi connectivity index (χ3n) is 3.46. The molecular formula is C15H22N4O. The second-order valence-corrected chi connectivity index (χ2v) is 4.96. The van der Waals surface area contributed by atoms with Crippen molar-refractivity contribution in [2.45, 2.75) is 32.4 Å². The zero-order valence-electron chi connectivity index (χ0n) is 12.3. The normalized spacial score (nSPS) is 12.3. The molecule has 2 rings (SSSR count). The standard InChI is InChI=1S/C15H22N4O/c1-12(16-2)4-5-13-6-8-14(9-7-13)20-10-15-17-11-18-19(15)3/h6-9,11-12,16H,4-5,10H2,1-3H3. The van der Waals surface area contributed by atoms with Crippen LogP contribution in [0.3, 0.4) is 0 Å². The molecule has 1 atom stereocenters. The molecule has 1 aromatic carbocycles. The van der Waals surface area contributed by atoms with Crippen molar-refractivity contribution in [2.24, 2.45) is 7.05 Å². The fourth-order valence-corrected chi connectivity index (χ4v) is 1.88. The van der Waals surface area contributed by atoms with Crippen LogP contribution in [0.15, 0.2) is 30.6 Å². The van der Waals surface area contributed by atoms with E-state index < -0.39 is 0 Å². The summed E-state index contributed by atoms with van der Waals surface area (Å²) in [5.74, 6) is 1.68. The van der Waals surface area contributed by atoms with Crippen LogP contribution in [-0.2, 0) is 20.1 Å². The summed E-state index contributed by atoms with van der Waals surface area (Å²) in [6.07, 6.45) is 3.74. The van der Waals surface area contributed by atoms with E-state index in [1.165, 1.54) is 11.9 Å². The zero-order chi connectivity index (χ0) is 14.4. The molecule has 0 bridgehead atoms. The van der Waals surface area contributed by atoms with Gasteiger partial charge in [-0.05, 0) is 44.5 Å². The van der Waals surface area contributed by atoms with Crippen molar-refractivity contribution in [3.63, 3.8) is 0 Å². The van der Waals surface area contributed by atoms with E-state index in [9.17, 15) is 0 Å². The Bertz CT molecular complexity index is 521. The molecule has 108 valence electrons. The van der Waals surface area contributed by atoms with Gasteiger partial charge in [0.15, 0.2) is 5.82 Å². The first-order valence-corrected chi connectivity index (χ1v) is 6.91. The number of nitrogens with zero attached hydrogens (tertiary/aromatic N) is 3. The molecule has 20 heavy (non-hydrogen) atoms. The summed E-state index contributed by atoms with van der Waals surface area (Å²) in [5.41, 5.74) is 1.33. The van der Waals surface area contributed by atoms with Crippen molar-refractivity contribution in [3.05, 3.63) is 42.0 Å². The quantitative estimate of drug-likeness (QED) is 0.838. The summed E-state index contributed by atoms with van der Waals surface area (Å²) in [6.45, 7) is 2.63. The number of ether oxygens (including phenoxy) is 1. The maximum absolute atomic E-state index is 5.70. The number of aromatic nitrogens is 3. The van der Waals surface area contributed by atoms with Crippen LogP contribution >= 0.6 is 0 Å². The van der Waals surface area contributed by atoms with Gasteiger partial charge in [0.1, 0.15) is 18.7 Å². The van der Waals surface area contributed by atoms with Crippen molar-refractivity contribution in [3.8, 4) is 5.75 Å². The molecule has 2 aromatic rings. The molecular weight excluding hydrogens is 252 g/mol. The second-order valence-electron chi connectivity index (χ2n) is 4.96. The predicted octanol–water partition coefficient (Wildman–Crippen LogP) is 1.93. The summed E-state index contributed by atoms with van der Waals surface area (Å²) in [4.78, 5) is 4.13. The van der Waals surface area contributed by atoms with Crippen LogP contribution in [0.1, 0.15) is 24.7 Å². The van der Waals surface area contributed by atoms with Gasteiger partial charge >= 0.3 is 0 Å². The first-order chi connectivity index (χ1) is 9.69. The summed E-state index contributed by atoms with van der Waals surface area (Å²) < 4.78 is 7.41. The second kappa shape index (κ2) is 7.05. The monoisotopic (exact) mass is 274 g/mol. The van der Waals surface area contributed by atoms with Crippen LogP contribution in [0, 0.1) is 0 Å². The van der Waals surface area contributed by atoms with Crippen molar-refractivity contribution >= 4 is 0 Å². The van der Waals surface area contributed by atoms with Crippen molar-refractivity contribution < 1.29 is 4.74 Å². The van der Waals surface area contributed by atoms with Gasteiger partial charge in [-0.1, -0.05) is 12.1 Å². The van der Waals surface area contributed by atoms with Gasteiger partial charge in [0.25, 0.3) is 0 Å². The highest BCUT2D eigenvalue weighted by atomic mass is 16.5. The molecule has 0 aliphatic heterocycles. The van der Waals surface area contributed by atoms with Gasteiger partial charge in [0.05, 0.1) is 0 Å². The molecule has 0 amide bonds. The third-order valence-corrected chi connectivity index (χ3v) is 3.46. The van der Waals surface area contributed by atoms with E-state index in [-0.39, 0.29) is 0 Å². The maximum atomic E-state index is 5.70. The molecule has 1 unspecified atom stereocenters. The topological polar surface area (TPSA) is 52.0 Å². The van der Waals surface area contributed by atoms with Gasteiger partial charge in [-0.15, -0.1) is 0 Å². The molecule has 1 N–H and O–H groups in total. The van der Waals surface area contributed by atoms with Gasteiger partial charge < -0.3 is 10.1 Å². The largest absolute Gasteiger partial charge is 0.486 e. The molecule has 1 heterocycles. The average molecular weight is 274 g/mol. The minimum Gasteiger partial charge on any atom is -0.486 e. The van der Waals surface area contributed by atoms with Crippen LogP contribution < -0.4 is 10.1 Å². The highest BCUT2D eigenvalue weighted by molar-refractivity contribution is 5.27.